The number of halogens is 1. The second-order valence-corrected chi connectivity index (χ2v) is 5.94. The molecule has 1 amide bonds. The van der Waals surface area contributed by atoms with Crippen molar-refractivity contribution in [1.29, 1.82) is 0 Å². The third-order valence-corrected chi connectivity index (χ3v) is 3.96. The van der Waals surface area contributed by atoms with Gasteiger partial charge in [-0.2, -0.15) is 0 Å². The van der Waals surface area contributed by atoms with E-state index in [4.69, 9.17) is 4.42 Å². The fourth-order valence-electron chi connectivity index (χ4n) is 2.63. The summed E-state index contributed by atoms with van der Waals surface area (Å²) in [6.45, 7) is 1.95. The van der Waals surface area contributed by atoms with Crippen LogP contribution in [0.5, 0.6) is 0 Å². The largest absolute Gasteiger partial charge is 0.443 e. The number of aryl methyl sites for hydroxylation is 1. The zero-order valence-corrected chi connectivity index (χ0v) is 13.9. The van der Waals surface area contributed by atoms with Gasteiger partial charge in [0.25, 0.3) is 5.91 Å². The molecule has 5 heteroatoms. The fraction of sp³-hybridized carbons (Fsp3) is 0.200. The molecule has 128 valence electrons. The lowest BCUT2D eigenvalue weighted by Crippen LogP contribution is -2.33. The van der Waals surface area contributed by atoms with Gasteiger partial charge in [-0.25, -0.2) is 9.37 Å². The van der Waals surface area contributed by atoms with Crippen molar-refractivity contribution in [1.82, 2.24) is 10.3 Å². The number of hydrogen-bond acceptors (Lipinski definition) is 3. The van der Waals surface area contributed by atoms with Gasteiger partial charge in [-0.05, 0) is 37.5 Å². The van der Waals surface area contributed by atoms with E-state index in [1.807, 2.05) is 25.1 Å². The molecule has 25 heavy (non-hydrogen) atoms. The maximum absolute atomic E-state index is 13.4. The summed E-state index contributed by atoms with van der Waals surface area (Å²) >= 11 is 0. The molecule has 0 saturated carbocycles. The Labute approximate surface area is 145 Å². The number of nitrogens with one attached hydrogen (secondary N) is 1. The van der Waals surface area contributed by atoms with Gasteiger partial charge < -0.3 is 9.73 Å². The summed E-state index contributed by atoms with van der Waals surface area (Å²) in [5.74, 6) is -0.447. The van der Waals surface area contributed by atoms with E-state index in [0.29, 0.717) is 5.56 Å². The monoisotopic (exact) mass is 338 g/mol. The van der Waals surface area contributed by atoms with Gasteiger partial charge in [0.1, 0.15) is 5.82 Å². The number of amides is 1. The number of rotatable bonds is 6. The number of carbonyl (C=O) groups is 1. The van der Waals surface area contributed by atoms with Crippen molar-refractivity contribution in [2.24, 2.45) is 0 Å². The third kappa shape index (κ3) is 4.32. The molecule has 0 spiro atoms. The molecule has 0 aliphatic carbocycles. The molecule has 3 rings (SSSR count). The minimum Gasteiger partial charge on any atom is -0.443 e. The van der Waals surface area contributed by atoms with Crippen LogP contribution >= 0.6 is 0 Å². The van der Waals surface area contributed by atoms with Crippen LogP contribution in [0.1, 0.15) is 29.4 Å². The minimum absolute atomic E-state index is 0.0234. The summed E-state index contributed by atoms with van der Waals surface area (Å²) in [6, 6.07) is 16.0. The summed E-state index contributed by atoms with van der Waals surface area (Å²) in [6.07, 6.45) is 2.88. The van der Waals surface area contributed by atoms with E-state index in [0.717, 1.165) is 12.8 Å². The molecular weight excluding hydrogens is 319 g/mol. The topological polar surface area (TPSA) is 55.1 Å². The molecule has 1 N–H and O–H groups in total. The number of carbonyl (C=O) groups excluding carboxylic acids is 1. The Morgan fingerprint density at radius 3 is 2.76 bits per heavy atom. The smallest absolute Gasteiger partial charge is 0.274 e. The highest BCUT2D eigenvalue weighted by molar-refractivity contribution is 5.97. The van der Waals surface area contributed by atoms with Crippen LogP contribution in [0.2, 0.25) is 0 Å². The molecule has 3 aromatic rings. The van der Waals surface area contributed by atoms with Crippen LogP contribution in [0.15, 0.2) is 65.4 Å². The Morgan fingerprint density at radius 2 is 2.00 bits per heavy atom. The van der Waals surface area contributed by atoms with Crippen molar-refractivity contribution in [3.05, 3.63) is 78.1 Å². The Morgan fingerprint density at radius 1 is 1.20 bits per heavy atom. The molecule has 0 saturated heterocycles. The first-order valence-corrected chi connectivity index (χ1v) is 8.17. The molecular formula is C20H19FN2O2. The van der Waals surface area contributed by atoms with Crippen molar-refractivity contribution >= 4 is 5.91 Å². The van der Waals surface area contributed by atoms with Crippen molar-refractivity contribution in [2.75, 3.05) is 0 Å². The van der Waals surface area contributed by atoms with Crippen molar-refractivity contribution < 1.29 is 13.6 Å². The quantitative estimate of drug-likeness (QED) is 0.732. The van der Waals surface area contributed by atoms with Gasteiger partial charge in [0.05, 0.1) is 0 Å². The molecule has 0 aliphatic heterocycles. The van der Waals surface area contributed by atoms with Crippen LogP contribution in [0.25, 0.3) is 11.3 Å². The van der Waals surface area contributed by atoms with Crippen LogP contribution in [-0.2, 0) is 6.42 Å². The highest BCUT2D eigenvalue weighted by atomic mass is 19.1. The summed E-state index contributed by atoms with van der Waals surface area (Å²) < 4.78 is 18.7. The Kier molecular flexibility index (Phi) is 5.23. The SMILES string of the molecule is C[C@@H](CCc1ccccc1)NC(=O)c1ncoc1-c1cccc(F)c1. The van der Waals surface area contributed by atoms with Gasteiger partial charge in [-0.15, -0.1) is 0 Å². The highest BCUT2D eigenvalue weighted by Crippen LogP contribution is 2.23. The predicted octanol–water partition coefficient (Wildman–Crippen LogP) is 4.23. The molecule has 0 fully saturated rings. The number of hydrogen-bond donors (Lipinski definition) is 1. The van der Waals surface area contributed by atoms with E-state index in [2.05, 4.69) is 22.4 Å². The summed E-state index contributed by atoms with van der Waals surface area (Å²) in [5.41, 5.74) is 1.88. The zero-order chi connectivity index (χ0) is 17.6. The number of aromatic nitrogens is 1. The minimum atomic E-state index is -0.392. The standard InChI is InChI=1S/C20H19FN2O2/c1-14(10-11-15-6-3-2-4-7-15)23-20(24)18-19(25-13-22-18)16-8-5-9-17(21)12-16/h2-9,12-14H,10-11H2,1H3,(H,23,24)/t14-/m0/s1. The van der Waals surface area contributed by atoms with Crippen LogP contribution < -0.4 is 5.32 Å². The predicted molar refractivity (Wildman–Crippen MR) is 93.6 cm³/mol. The summed E-state index contributed by atoms with van der Waals surface area (Å²) in [5, 5.41) is 2.92. The molecule has 0 bridgehead atoms. The van der Waals surface area contributed by atoms with E-state index in [1.54, 1.807) is 12.1 Å². The molecule has 4 nitrogen and oxygen atoms in total. The number of nitrogens with zero attached hydrogens (tertiary/aromatic N) is 1. The van der Waals surface area contributed by atoms with E-state index in [9.17, 15) is 9.18 Å². The molecule has 1 atom stereocenters. The van der Waals surface area contributed by atoms with Crippen molar-refractivity contribution in [3.8, 4) is 11.3 Å². The molecule has 1 heterocycles. The normalized spacial score (nSPS) is 11.9. The lowest BCUT2D eigenvalue weighted by molar-refractivity contribution is 0.0934. The summed E-state index contributed by atoms with van der Waals surface area (Å²) in [7, 11) is 0. The van der Waals surface area contributed by atoms with E-state index in [1.165, 1.54) is 24.1 Å². The van der Waals surface area contributed by atoms with Gasteiger partial charge in [0.2, 0.25) is 0 Å². The average molecular weight is 338 g/mol. The molecule has 0 unspecified atom stereocenters. The van der Waals surface area contributed by atoms with Crippen LogP contribution in [0.4, 0.5) is 4.39 Å². The van der Waals surface area contributed by atoms with Gasteiger partial charge in [-0.3, -0.25) is 4.79 Å². The van der Waals surface area contributed by atoms with Gasteiger partial charge >= 0.3 is 0 Å². The van der Waals surface area contributed by atoms with Gasteiger partial charge in [-0.1, -0.05) is 42.5 Å². The van der Waals surface area contributed by atoms with Crippen LogP contribution in [-0.4, -0.2) is 16.9 Å². The number of oxazole rings is 1. The first kappa shape index (κ1) is 16.9. The Hall–Kier alpha value is -2.95. The highest BCUT2D eigenvalue weighted by Gasteiger charge is 2.20. The maximum Gasteiger partial charge on any atom is 0.274 e. The zero-order valence-electron chi connectivity index (χ0n) is 13.9. The molecule has 2 aromatic carbocycles. The van der Waals surface area contributed by atoms with E-state index in [-0.39, 0.29) is 23.4 Å². The number of benzene rings is 2. The average Bonchev–Trinajstić information content (AvgIpc) is 3.11. The third-order valence-electron chi connectivity index (χ3n) is 3.96. The molecule has 0 radical (unpaired) electrons. The lowest BCUT2D eigenvalue weighted by Gasteiger charge is -2.13. The fourth-order valence-corrected chi connectivity index (χ4v) is 2.63. The Bertz CT molecular complexity index is 846. The Balaban J connectivity index is 1.65. The van der Waals surface area contributed by atoms with E-state index >= 15 is 0 Å². The van der Waals surface area contributed by atoms with Crippen molar-refractivity contribution in [3.63, 3.8) is 0 Å². The summed E-state index contributed by atoms with van der Waals surface area (Å²) in [4.78, 5) is 16.5. The first-order valence-electron chi connectivity index (χ1n) is 8.17. The first-order chi connectivity index (χ1) is 12.1. The van der Waals surface area contributed by atoms with Crippen LogP contribution in [0, 0.1) is 5.82 Å². The van der Waals surface area contributed by atoms with Gasteiger partial charge in [0, 0.05) is 11.6 Å². The van der Waals surface area contributed by atoms with Crippen LogP contribution in [0.3, 0.4) is 0 Å². The second kappa shape index (κ2) is 7.75. The maximum atomic E-state index is 13.4. The lowest BCUT2D eigenvalue weighted by atomic mass is 10.1. The molecule has 0 aliphatic rings. The second-order valence-electron chi connectivity index (χ2n) is 5.94. The van der Waals surface area contributed by atoms with E-state index < -0.39 is 5.82 Å². The van der Waals surface area contributed by atoms with Gasteiger partial charge in [0.15, 0.2) is 17.8 Å². The molecule has 1 aromatic heterocycles. The van der Waals surface area contributed by atoms with Crippen molar-refractivity contribution in [2.45, 2.75) is 25.8 Å².